The SMILES string of the molecule is CC/C(=C(\c1ccc(O)cc1)c1ccc(NC(=O)C(C)C)cc1)c1ccc(O)cc1. The number of allylic oxidation sites excluding steroid dienone is 1. The molecule has 154 valence electrons. The summed E-state index contributed by atoms with van der Waals surface area (Å²) in [6, 6.07) is 22.1. The maximum Gasteiger partial charge on any atom is 0.226 e. The van der Waals surface area contributed by atoms with E-state index in [-0.39, 0.29) is 23.3 Å². The van der Waals surface area contributed by atoms with Crippen LogP contribution in [0.5, 0.6) is 11.5 Å². The fraction of sp³-hybridized carbons (Fsp3) is 0.192. The number of rotatable bonds is 6. The van der Waals surface area contributed by atoms with Crippen molar-refractivity contribution in [2.45, 2.75) is 27.2 Å². The molecule has 0 aliphatic rings. The van der Waals surface area contributed by atoms with Crippen LogP contribution in [0.15, 0.2) is 72.8 Å². The largest absolute Gasteiger partial charge is 0.508 e. The van der Waals surface area contributed by atoms with E-state index in [1.165, 1.54) is 0 Å². The lowest BCUT2D eigenvalue weighted by molar-refractivity contribution is -0.118. The summed E-state index contributed by atoms with van der Waals surface area (Å²) in [6.45, 7) is 5.82. The predicted octanol–water partition coefficient (Wildman–Crippen LogP) is 6.06. The van der Waals surface area contributed by atoms with E-state index in [0.29, 0.717) is 0 Å². The highest BCUT2D eigenvalue weighted by Gasteiger charge is 2.14. The Morgan fingerprint density at radius 2 is 1.20 bits per heavy atom. The van der Waals surface area contributed by atoms with Crippen LogP contribution in [-0.4, -0.2) is 16.1 Å². The first-order valence-electron chi connectivity index (χ1n) is 10.1. The zero-order valence-electron chi connectivity index (χ0n) is 17.5. The van der Waals surface area contributed by atoms with Crippen LogP contribution in [0.25, 0.3) is 11.1 Å². The van der Waals surface area contributed by atoms with Gasteiger partial charge in [0.1, 0.15) is 11.5 Å². The lowest BCUT2D eigenvalue weighted by Gasteiger charge is -2.17. The van der Waals surface area contributed by atoms with Gasteiger partial charge in [0.15, 0.2) is 0 Å². The molecule has 30 heavy (non-hydrogen) atoms. The zero-order valence-corrected chi connectivity index (χ0v) is 17.5. The summed E-state index contributed by atoms with van der Waals surface area (Å²) < 4.78 is 0. The Morgan fingerprint density at radius 1 is 0.767 bits per heavy atom. The van der Waals surface area contributed by atoms with Crippen LogP contribution in [0.3, 0.4) is 0 Å². The summed E-state index contributed by atoms with van der Waals surface area (Å²) in [4.78, 5) is 12.0. The number of hydrogen-bond donors (Lipinski definition) is 3. The van der Waals surface area contributed by atoms with Crippen molar-refractivity contribution in [1.82, 2.24) is 0 Å². The van der Waals surface area contributed by atoms with Gasteiger partial charge in [-0.2, -0.15) is 0 Å². The van der Waals surface area contributed by atoms with Crippen molar-refractivity contribution >= 4 is 22.7 Å². The highest BCUT2D eigenvalue weighted by atomic mass is 16.3. The lowest BCUT2D eigenvalue weighted by atomic mass is 9.88. The Hall–Kier alpha value is -3.53. The molecule has 0 fully saturated rings. The van der Waals surface area contributed by atoms with Gasteiger partial charge in [-0.05, 0) is 70.7 Å². The molecule has 0 aliphatic carbocycles. The van der Waals surface area contributed by atoms with E-state index in [2.05, 4.69) is 12.2 Å². The molecule has 3 rings (SSSR count). The first-order chi connectivity index (χ1) is 14.4. The van der Waals surface area contributed by atoms with Gasteiger partial charge < -0.3 is 15.5 Å². The third-order valence-electron chi connectivity index (χ3n) is 4.99. The second-order valence-electron chi connectivity index (χ2n) is 7.52. The number of anilines is 1. The van der Waals surface area contributed by atoms with E-state index in [1.54, 1.807) is 24.3 Å². The summed E-state index contributed by atoms with van der Waals surface area (Å²) in [5, 5.41) is 22.3. The van der Waals surface area contributed by atoms with Crippen LogP contribution in [0.4, 0.5) is 5.69 Å². The number of phenolic OH excluding ortho intramolecular Hbond substituents is 2. The molecule has 0 atom stereocenters. The third kappa shape index (κ3) is 4.90. The lowest BCUT2D eigenvalue weighted by Crippen LogP contribution is -2.17. The second kappa shape index (κ2) is 9.31. The number of nitrogens with one attached hydrogen (secondary N) is 1. The van der Waals surface area contributed by atoms with Crippen LogP contribution < -0.4 is 5.32 Å². The number of phenols is 2. The minimum absolute atomic E-state index is 0.0182. The number of aromatic hydroxyl groups is 2. The number of hydrogen-bond acceptors (Lipinski definition) is 3. The van der Waals surface area contributed by atoms with Crippen LogP contribution in [0.2, 0.25) is 0 Å². The number of amides is 1. The summed E-state index contributed by atoms with van der Waals surface area (Å²) >= 11 is 0. The van der Waals surface area contributed by atoms with Crippen molar-refractivity contribution < 1.29 is 15.0 Å². The van der Waals surface area contributed by atoms with Gasteiger partial charge in [-0.15, -0.1) is 0 Å². The van der Waals surface area contributed by atoms with Gasteiger partial charge >= 0.3 is 0 Å². The Labute approximate surface area is 177 Å². The molecule has 3 N–H and O–H groups in total. The quantitative estimate of drug-likeness (QED) is 0.440. The normalized spacial score (nSPS) is 11.9. The van der Waals surface area contributed by atoms with Crippen molar-refractivity contribution in [2.24, 2.45) is 5.92 Å². The molecule has 0 bridgehead atoms. The van der Waals surface area contributed by atoms with Crippen molar-refractivity contribution in [1.29, 1.82) is 0 Å². The maximum atomic E-state index is 12.0. The molecule has 4 nitrogen and oxygen atoms in total. The van der Waals surface area contributed by atoms with Gasteiger partial charge in [-0.25, -0.2) is 0 Å². The van der Waals surface area contributed by atoms with E-state index in [4.69, 9.17) is 0 Å². The van der Waals surface area contributed by atoms with Gasteiger partial charge in [-0.1, -0.05) is 57.2 Å². The number of carbonyl (C=O) groups is 1. The van der Waals surface area contributed by atoms with Gasteiger partial charge in [0.25, 0.3) is 0 Å². The molecular weight excluding hydrogens is 374 g/mol. The second-order valence-corrected chi connectivity index (χ2v) is 7.52. The van der Waals surface area contributed by atoms with E-state index >= 15 is 0 Å². The first kappa shape index (κ1) is 21.2. The average Bonchev–Trinajstić information content (AvgIpc) is 2.74. The van der Waals surface area contributed by atoms with Crippen LogP contribution >= 0.6 is 0 Å². The molecular formula is C26H27NO3. The van der Waals surface area contributed by atoms with Gasteiger partial charge in [0.05, 0.1) is 0 Å². The van der Waals surface area contributed by atoms with E-state index in [0.717, 1.165) is 39.9 Å². The summed E-state index contributed by atoms with van der Waals surface area (Å²) in [5.41, 5.74) is 5.94. The molecule has 0 saturated carbocycles. The first-order valence-corrected chi connectivity index (χ1v) is 10.1. The minimum Gasteiger partial charge on any atom is -0.508 e. The number of benzene rings is 3. The fourth-order valence-corrected chi connectivity index (χ4v) is 3.34. The highest BCUT2D eigenvalue weighted by molar-refractivity contribution is 5.99. The monoisotopic (exact) mass is 401 g/mol. The molecule has 0 aliphatic heterocycles. The number of carbonyl (C=O) groups excluding carboxylic acids is 1. The predicted molar refractivity (Wildman–Crippen MR) is 122 cm³/mol. The maximum absolute atomic E-state index is 12.0. The van der Waals surface area contributed by atoms with E-state index in [9.17, 15) is 15.0 Å². The Balaban J connectivity index is 2.11. The van der Waals surface area contributed by atoms with Crippen LogP contribution in [-0.2, 0) is 4.79 Å². The molecule has 4 heteroatoms. The van der Waals surface area contributed by atoms with Crippen molar-refractivity contribution in [3.63, 3.8) is 0 Å². The molecule has 0 unspecified atom stereocenters. The smallest absolute Gasteiger partial charge is 0.226 e. The molecule has 0 radical (unpaired) electrons. The minimum atomic E-state index is -0.0849. The fourth-order valence-electron chi connectivity index (χ4n) is 3.34. The van der Waals surface area contributed by atoms with Gasteiger partial charge in [-0.3, -0.25) is 4.79 Å². The van der Waals surface area contributed by atoms with Crippen molar-refractivity contribution in [3.8, 4) is 11.5 Å². The van der Waals surface area contributed by atoms with E-state index < -0.39 is 0 Å². The molecule has 0 heterocycles. The van der Waals surface area contributed by atoms with Crippen molar-refractivity contribution in [3.05, 3.63) is 89.5 Å². The Bertz CT molecular complexity index is 1030. The molecule has 0 spiro atoms. The van der Waals surface area contributed by atoms with Crippen LogP contribution in [0.1, 0.15) is 43.9 Å². The molecule has 3 aromatic carbocycles. The summed E-state index contributed by atoms with van der Waals surface area (Å²) in [7, 11) is 0. The average molecular weight is 402 g/mol. The summed E-state index contributed by atoms with van der Waals surface area (Å²) in [6.07, 6.45) is 0.785. The zero-order chi connectivity index (χ0) is 21.7. The molecule has 0 aromatic heterocycles. The topological polar surface area (TPSA) is 69.6 Å². The molecule has 1 amide bonds. The highest BCUT2D eigenvalue weighted by Crippen LogP contribution is 2.35. The summed E-state index contributed by atoms with van der Waals surface area (Å²) in [5.74, 6) is 0.340. The van der Waals surface area contributed by atoms with Gasteiger partial charge in [0.2, 0.25) is 5.91 Å². The Kier molecular flexibility index (Phi) is 6.58. The van der Waals surface area contributed by atoms with Gasteiger partial charge in [0, 0.05) is 11.6 Å². The Morgan fingerprint density at radius 3 is 1.63 bits per heavy atom. The van der Waals surface area contributed by atoms with Crippen LogP contribution in [0, 0.1) is 5.92 Å². The molecule has 0 saturated heterocycles. The standard InChI is InChI=1S/C26H27NO3/c1-4-24(18-7-13-22(28)14-8-18)25(20-9-15-23(29)16-10-20)19-5-11-21(12-6-19)27-26(30)17(2)3/h5-17,28-29H,4H2,1-3H3,(H,27,30)/b25-24+. The third-order valence-corrected chi connectivity index (χ3v) is 4.99. The molecule has 3 aromatic rings. The van der Waals surface area contributed by atoms with Crippen molar-refractivity contribution in [2.75, 3.05) is 5.32 Å². The van der Waals surface area contributed by atoms with E-state index in [1.807, 2.05) is 62.4 Å².